The first-order chi connectivity index (χ1) is 20.9. The van der Waals surface area contributed by atoms with Gasteiger partial charge in [0.15, 0.2) is 0 Å². The van der Waals surface area contributed by atoms with E-state index in [1.54, 1.807) is 35.7 Å². The highest BCUT2D eigenvalue weighted by atomic mass is 32.2. The van der Waals surface area contributed by atoms with Crippen LogP contribution >= 0.6 is 11.3 Å². The molecular formula is C34H31FN4O3S2. The monoisotopic (exact) mass is 626 g/mol. The number of aromatic nitrogens is 1. The van der Waals surface area contributed by atoms with Crippen molar-refractivity contribution >= 4 is 48.9 Å². The number of rotatable bonds is 6. The molecule has 1 aliphatic rings. The van der Waals surface area contributed by atoms with Crippen molar-refractivity contribution in [3.63, 3.8) is 0 Å². The van der Waals surface area contributed by atoms with Gasteiger partial charge in [-0.1, -0.05) is 35.9 Å². The van der Waals surface area contributed by atoms with E-state index >= 15 is 0 Å². The zero-order chi connectivity index (χ0) is 31.4. The molecule has 1 N–H and O–H groups in total. The van der Waals surface area contributed by atoms with Gasteiger partial charge < -0.3 is 10.2 Å². The summed E-state index contributed by atoms with van der Waals surface area (Å²) in [4.78, 5) is 18.6. The predicted molar refractivity (Wildman–Crippen MR) is 174 cm³/mol. The molecule has 0 saturated carbocycles. The van der Waals surface area contributed by atoms with Crippen LogP contribution in [0.4, 0.5) is 15.1 Å². The number of fused-ring (bicyclic) bond motifs is 1. The number of carbonyl (C=O) groups excluding carboxylic acids is 1. The molecule has 1 saturated heterocycles. The summed E-state index contributed by atoms with van der Waals surface area (Å²) in [5.74, 6) is -0.664. The number of hydrogen-bond acceptors (Lipinski definition) is 5. The normalized spacial score (nSPS) is 14.0. The number of halogens is 1. The lowest BCUT2D eigenvalue weighted by Gasteiger charge is -2.41. The predicted octanol–water partition coefficient (Wildman–Crippen LogP) is 7.62. The van der Waals surface area contributed by atoms with Crippen molar-refractivity contribution in [1.82, 2.24) is 9.29 Å². The number of aryl methyl sites for hydroxylation is 1. The number of nitrogens with one attached hydrogen (secondary N) is 1. The minimum atomic E-state index is -4.17. The maximum absolute atomic E-state index is 14.8. The second-order valence-corrected chi connectivity index (χ2v) is 14.8. The molecule has 5 aromatic rings. The highest BCUT2D eigenvalue weighted by Crippen LogP contribution is 2.48. The van der Waals surface area contributed by atoms with Gasteiger partial charge in [0.1, 0.15) is 5.82 Å². The molecule has 1 aliphatic heterocycles. The maximum Gasteiger partial charge on any atom is 0.268 e. The Morgan fingerprint density at radius 2 is 1.77 bits per heavy atom. The van der Waals surface area contributed by atoms with E-state index in [0.717, 1.165) is 11.3 Å². The van der Waals surface area contributed by atoms with Crippen molar-refractivity contribution in [3.8, 4) is 22.4 Å². The second-order valence-electron chi connectivity index (χ2n) is 12.1. The summed E-state index contributed by atoms with van der Waals surface area (Å²) < 4.78 is 45.0. The molecule has 1 amide bonds. The molecule has 224 valence electrons. The van der Waals surface area contributed by atoms with Gasteiger partial charge in [-0.2, -0.15) is 11.3 Å². The van der Waals surface area contributed by atoms with Gasteiger partial charge in [0, 0.05) is 46.4 Å². The molecule has 0 radical (unpaired) electrons. The minimum absolute atomic E-state index is 0.00247. The van der Waals surface area contributed by atoms with Gasteiger partial charge in [-0.25, -0.2) is 21.6 Å². The van der Waals surface area contributed by atoms with E-state index in [0.29, 0.717) is 51.4 Å². The summed E-state index contributed by atoms with van der Waals surface area (Å²) in [5.41, 5.74) is 3.70. The molecule has 3 aromatic carbocycles. The first-order valence-electron chi connectivity index (χ1n) is 14.2. The topological polar surface area (TPSA) is 75.8 Å². The van der Waals surface area contributed by atoms with E-state index in [9.17, 15) is 17.6 Å². The quantitative estimate of drug-likeness (QED) is 0.197. The molecule has 0 aliphatic carbocycles. The Bertz CT molecular complexity index is 2060. The van der Waals surface area contributed by atoms with Crippen LogP contribution in [0.2, 0.25) is 0 Å². The van der Waals surface area contributed by atoms with Crippen LogP contribution < -0.4 is 10.2 Å². The summed E-state index contributed by atoms with van der Waals surface area (Å²) in [5, 5.41) is 5.60. The van der Waals surface area contributed by atoms with E-state index in [1.165, 1.54) is 33.5 Å². The van der Waals surface area contributed by atoms with E-state index in [2.05, 4.69) is 15.1 Å². The zero-order valence-electron chi connectivity index (χ0n) is 24.8. The number of carbonyl (C=O) groups is 1. The molecule has 0 spiro atoms. The average Bonchev–Trinajstić information content (AvgIpc) is 3.53. The fourth-order valence-electron chi connectivity index (χ4n) is 5.59. The van der Waals surface area contributed by atoms with Gasteiger partial charge in [0.05, 0.1) is 28.6 Å². The Labute approximate surface area is 260 Å². The second kappa shape index (κ2) is 10.9. The maximum atomic E-state index is 14.8. The first-order valence-corrected chi connectivity index (χ1v) is 16.5. The number of nitrogens with zero attached hydrogens (tertiary/aromatic N) is 3. The smallest absolute Gasteiger partial charge is 0.268 e. The summed E-state index contributed by atoms with van der Waals surface area (Å²) in [6.45, 7) is 16.6. The fourth-order valence-corrected chi connectivity index (χ4v) is 7.82. The van der Waals surface area contributed by atoms with E-state index in [4.69, 9.17) is 6.57 Å². The van der Waals surface area contributed by atoms with Crippen LogP contribution in [0.5, 0.6) is 0 Å². The molecule has 3 heterocycles. The van der Waals surface area contributed by atoms with Crippen LogP contribution in [-0.2, 0) is 14.8 Å². The van der Waals surface area contributed by atoms with Crippen LogP contribution in [0, 0.1) is 25.2 Å². The summed E-state index contributed by atoms with van der Waals surface area (Å²) in [7, 11) is -4.17. The zero-order valence-corrected chi connectivity index (χ0v) is 26.4. The van der Waals surface area contributed by atoms with Crippen molar-refractivity contribution in [1.29, 1.82) is 0 Å². The molecule has 10 heteroatoms. The lowest BCUT2D eigenvalue weighted by Crippen LogP contribution is -2.56. The number of benzene rings is 3. The summed E-state index contributed by atoms with van der Waals surface area (Å²) in [6, 6.07) is 20.0. The molecule has 0 atom stereocenters. The minimum Gasteiger partial charge on any atom is -0.370 e. The SMILES string of the molecule is [C-]#[N+]c1sccc1-c1c(-c2cccc(N3CC(C(=O)NC(C)(C)C)C3)c2)n(S(=O)(=O)c2ccc(C)cc2)c2ccc(F)cc12. The van der Waals surface area contributed by atoms with Crippen molar-refractivity contribution in [3.05, 3.63) is 101 Å². The molecule has 2 aromatic heterocycles. The lowest BCUT2D eigenvalue weighted by atomic mass is 9.95. The van der Waals surface area contributed by atoms with Gasteiger partial charge in [0.2, 0.25) is 10.9 Å². The molecule has 1 fully saturated rings. The summed E-state index contributed by atoms with van der Waals surface area (Å²) >= 11 is 1.25. The van der Waals surface area contributed by atoms with Crippen LogP contribution in [0.15, 0.2) is 83.1 Å². The fraction of sp³-hybridized carbons (Fsp3) is 0.235. The standard InChI is InChI=1S/C34H31FN4O3S2/c1-21-9-12-26(13-10-21)44(41,42)39-29-14-11-24(35)18-28(29)30(27-15-16-43-33(27)36-5)31(39)22-7-6-8-25(17-22)38-19-23(20-38)32(40)37-34(2,3)4/h6-18,23H,19-20H2,1-4H3,(H,37,40). The number of amides is 1. The Balaban J connectivity index is 1.55. The average molecular weight is 627 g/mol. The van der Waals surface area contributed by atoms with Crippen LogP contribution in [0.3, 0.4) is 0 Å². The molecule has 7 nitrogen and oxygen atoms in total. The third-order valence-corrected chi connectivity index (χ3v) is 10.2. The highest BCUT2D eigenvalue weighted by Gasteiger charge is 2.35. The Kier molecular flexibility index (Phi) is 7.34. The molecule has 44 heavy (non-hydrogen) atoms. The molecule has 6 rings (SSSR count). The highest BCUT2D eigenvalue weighted by molar-refractivity contribution is 7.90. The van der Waals surface area contributed by atoms with Gasteiger partial charge in [-0.05, 0) is 75.5 Å². The first kappa shape index (κ1) is 29.6. The van der Waals surface area contributed by atoms with Crippen molar-refractivity contribution in [2.75, 3.05) is 18.0 Å². The van der Waals surface area contributed by atoms with Gasteiger partial charge in [0.25, 0.3) is 10.0 Å². The van der Waals surface area contributed by atoms with Crippen molar-refractivity contribution in [2.24, 2.45) is 5.92 Å². The van der Waals surface area contributed by atoms with E-state index < -0.39 is 15.8 Å². The molecule has 0 bridgehead atoms. The summed E-state index contributed by atoms with van der Waals surface area (Å²) in [6.07, 6.45) is 0. The van der Waals surface area contributed by atoms with Crippen molar-refractivity contribution in [2.45, 2.75) is 38.1 Å². The Morgan fingerprint density at radius 1 is 1.05 bits per heavy atom. The molecular weight excluding hydrogens is 596 g/mol. The Hall–Kier alpha value is -4.46. The Morgan fingerprint density at radius 3 is 2.45 bits per heavy atom. The van der Waals surface area contributed by atoms with E-state index in [-0.39, 0.29) is 22.3 Å². The van der Waals surface area contributed by atoms with Gasteiger partial charge >= 0.3 is 0 Å². The lowest BCUT2D eigenvalue weighted by molar-refractivity contribution is -0.127. The largest absolute Gasteiger partial charge is 0.370 e. The van der Waals surface area contributed by atoms with Gasteiger partial charge in [-0.15, -0.1) is 0 Å². The third-order valence-electron chi connectivity index (χ3n) is 7.70. The van der Waals surface area contributed by atoms with E-state index in [1.807, 2.05) is 52.0 Å². The molecule has 0 unspecified atom stereocenters. The van der Waals surface area contributed by atoms with Crippen molar-refractivity contribution < 1.29 is 17.6 Å². The third kappa shape index (κ3) is 5.27. The number of hydrogen-bond donors (Lipinski definition) is 1. The number of anilines is 1. The van der Waals surface area contributed by atoms with Crippen LogP contribution in [-0.4, -0.2) is 36.9 Å². The van der Waals surface area contributed by atoms with Crippen LogP contribution in [0.25, 0.3) is 38.1 Å². The van der Waals surface area contributed by atoms with Gasteiger partial charge in [-0.3, -0.25) is 4.79 Å². The number of thiophene rings is 1. The van der Waals surface area contributed by atoms with Crippen LogP contribution in [0.1, 0.15) is 26.3 Å².